The predicted octanol–water partition coefficient (Wildman–Crippen LogP) is 4.21. The number of nitrogens with one attached hydrogen (secondary N) is 2. The van der Waals surface area contributed by atoms with Crippen molar-refractivity contribution >= 4 is 12.1 Å². The van der Waals surface area contributed by atoms with Crippen LogP contribution in [-0.2, 0) is 0 Å². The van der Waals surface area contributed by atoms with Crippen LogP contribution in [0.3, 0.4) is 0 Å². The molecule has 29 heavy (non-hydrogen) atoms. The van der Waals surface area contributed by atoms with E-state index in [1.165, 1.54) is 6.21 Å². The van der Waals surface area contributed by atoms with E-state index < -0.39 is 0 Å². The molecule has 0 saturated heterocycles. The molecule has 0 aliphatic rings. The molecule has 3 N–H and O–H groups in total. The zero-order valence-corrected chi connectivity index (χ0v) is 15.4. The number of aromatic hydroxyl groups is 1. The number of carbonyl (C=O) groups is 1. The van der Waals surface area contributed by atoms with Crippen LogP contribution in [0.15, 0.2) is 90.0 Å². The number of aromatic nitrogens is 2. The summed E-state index contributed by atoms with van der Waals surface area (Å²) < 4.78 is 0. The van der Waals surface area contributed by atoms with Gasteiger partial charge in [0.2, 0.25) is 0 Å². The van der Waals surface area contributed by atoms with E-state index in [9.17, 15) is 9.90 Å². The molecule has 142 valence electrons. The monoisotopic (exact) mass is 382 g/mol. The highest BCUT2D eigenvalue weighted by atomic mass is 16.3. The number of benzene rings is 3. The maximum absolute atomic E-state index is 12.2. The van der Waals surface area contributed by atoms with Gasteiger partial charge in [-0.2, -0.15) is 10.2 Å². The van der Waals surface area contributed by atoms with Gasteiger partial charge >= 0.3 is 0 Å². The Balaban J connectivity index is 1.42. The molecule has 0 aliphatic carbocycles. The summed E-state index contributed by atoms with van der Waals surface area (Å²) in [6.07, 6.45) is 1.50. The van der Waals surface area contributed by atoms with Gasteiger partial charge in [0.1, 0.15) is 11.4 Å². The molecular weight excluding hydrogens is 364 g/mol. The van der Waals surface area contributed by atoms with E-state index in [-0.39, 0.29) is 11.7 Å². The van der Waals surface area contributed by atoms with Crippen LogP contribution in [0.4, 0.5) is 0 Å². The lowest BCUT2D eigenvalue weighted by atomic mass is 10.0. The average Bonchev–Trinajstić information content (AvgIpc) is 3.26. The molecule has 0 fully saturated rings. The van der Waals surface area contributed by atoms with Crippen molar-refractivity contribution in [3.05, 3.63) is 96.2 Å². The SMILES string of the molecule is O=C(NN=Cc1ccc(O)cc1)c1cc(-c2ccc(-c3ccccc3)cc2)n[nH]1. The first-order valence-corrected chi connectivity index (χ1v) is 9.03. The molecule has 0 radical (unpaired) electrons. The van der Waals surface area contributed by atoms with E-state index in [4.69, 9.17) is 0 Å². The third-order valence-electron chi connectivity index (χ3n) is 4.38. The van der Waals surface area contributed by atoms with Crippen LogP contribution >= 0.6 is 0 Å². The van der Waals surface area contributed by atoms with Crippen LogP contribution in [0.1, 0.15) is 16.1 Å². The molecule has 1 heterocycles. The van der Waals surface area contributed by atoms with Gasteiger partial charge in [-0.15, -0.1) is 0 Å². The maximum Gasteiger partial charge on any atom is 0.289 e. The first-order valence-electron chi connectivity index (χ1n) is 9.03. The first kappa shape index (κ1) is 18.2. The van der Waals surface area contributed by atoms with E-state index in [0.717, 1.165) is 22.3 Å². The van der Waals surface area contributed by atoms with Gasteiger partial charge in [-0.1, -0.05) is 54.6 Å². The topological polar surface area (TPSA) is 90.4 Å². The van der Waals surface area contributed by atoms with Gasteiger partial charge in [0.05, 0.1) is 11.9 Å². The number of carbonyl (C=O) groups excluding carboxylic acids is 1. The minimum absolute atomic E-state index is 0.174. The smallest absolute Gasteiger partial charge is 0.289 e. The minimum Gasteiger partial charge on any atom is -0.508 e. The van der Waals surface area contributed by atoms with E-state index in [2.05, 4.69) is 32.9 Å². The van der Waals surface area contributed by atoms with E-state index >= 15 is 0 Å². The van der Waals surface area contributed by atoms with Gasteiger partial charge in [0.25, 0.3) is 5.91 Å². The summed E-state index contributed by atoms with van der Waals surface area (Å²) in [6, 6.07) is 26.3. The fraction of sp³-hybridized carbons (Fsp3) is 0. The highest BCUT2D eigenvalue weighted by Crippen LogP contribution is 2.24. The quantitative estimate of drug-likeness (QED) is 0.357. The van der Waals surface area contributed by atoms with Crippen molar-refractivity contribution in [1.29, 1.82) is 0 Å². The highest BCUT2D eigenvalue weighted by Gasteiger charge is 2.10. The number of phenols is 1. The van der Waals surface area contributed by atoms with Crippen molar-refractivity contribution in [1.82, 2.24) is 15.6 Å². The summed E-state index contributed by atoms with van der Waals surface area (Å²) in [5.74, 6) is -0.215. The van der Waals surface area contributed by atoms with Crippen LogP contribution in [0.2, 0.25) is 0 Å². The van der Waals surface area contributed by atoms with Crippen LogP contribution in [-0.4, -0.2) is 27.4 Å². The van der Waals surface area contributed by atoms with Gasteiger partial charge in [-0.25, -0.2) is 5.43 Å². The lowest BCUT2D eigenvalue weighted by Gasteiger charge is -2.02. The van der Waals surface area contributed by atoms with Crippen LogP contribution in [0, 0.1) is 0 Å². The van der Waals surface area contributed by atoms with Crippen molar-refractivity contribution < 1.29 is 9.90 Å². The molecule has 0 aliphatic heterocycles. The Morgan fingerprint density at radius 3 is 2.28 bits per heavy atom. The number of hydrogen-bond acceptors (Lipinski definition) is 4. The molecule has 6 nitrogen and oxygen atoms in total. The Morgan fingerprint density at radius 2 is 1.55 bits per heavy atom. The number of rotatable bonds is 5. The lowest BCUT2D eigenvalue weighted by molar-refractivity contribution is 0.0950. The molecule has 1 amide bonds. The van der Waals surface area contributed by atoms with Gasteiger partial charge in [-0.3, -0.25) is 9.89 Å². The number of hydrogen-bond donors (Lipinski definition) is 3. The standard InChI is InChI=1S/C23H18N4O2/c28-20-12-6-16(7-13-20)15-24-27-23(29)22-14-21(25-26-22)19-10-8-18(9-11-19)17-4-2-1-3-5-17/h1-15,28H,(H,25,26)(H,27,29). The number of nitrogens with zero attached hydrogens (tertiary/aromatic N) is 2. The number of hydrazone groups is 1. The summed E-state index contributed by atoms with van der Waals surface area (Å²) in [5, 5.41) is 20.1. The largest absolute Gasteiger partial charge is 0.508 e. The Labute approximate surface area is 167 Å². The molecule has 0 saturated carbocycles. The Hall–Kier alpha value is -4.19. The lowest BCUT2D eigenvalue weighted by Crippen LogP contribution is -2.17. The Morgan fingerprint density at radius 1 is 0.897 bits per heavy atom. The summed E-state index contributed by atoms with van der Waals surface area (Å²) in [5.41, 5.74) is 7.38. The number of aromatic amines is 1. The van der Waals surface area contributed by atoms with Crippen molar-refractivity contribution in [2.75, 3.05) is 0 Å². The zero-order chi connectivity index (χ0) is 20.1. The van der Waals surface area contributed by atoms with Crippen LogP contribution < -0.4 is 5.43 Å². The van der Waals surface area contributed by atoms with Gasteiger partial charge < -0.3 is 5.11 Å². The molecule has 0 bridgehead atoms. The third kappa shape index (κ3) is 4.39. The zero-order valence-electron chi connectivity index (χ0n) is 15.4. The van der Waals surface area contributed by atoms with E-state index in [1.807, 2.05) is 42.5 Å². The first-order chi connectivity index (χ1) is 14.2. The van der Waals surface area contributed by atoms with E-state index in [1.54, 1.807) is 30.3 Å². The minimum atomic E-state index is -0.389. The fourth-order valence-electron chi connectivity index (χ4n) is 2.84. The summed E-state index contributed by atoms with van der Waals surface area (Å²) in [6.45, 7) is 0. The summed E-state index contributed by atoms with van der Waals surface area (Å²) >= 11 is 0. The molecule has 0 atom stereocenters. The predicted molar refractivity (Wildman–Crippen MR) is 113 cm³/mol. The van der Waals surface area contributed by atoms with E-state index in [0.29, 0.717) is 11.4 Å². The highest BCUT2D eigenvalue weighted by molar-refractivity contribution is 5.94. The number of H-pyrrole nitrogens is 1. The van der Waals surface area contributed by atoms with Crippen LogP contribution in [0.5, 0.6) is 5.75 Å². The molecule has 0 unspecified atom stereocenters. The molecule has 4 rings (SSSR count). The number of amides is 1. The number of phenolic OH excluding ortho intramolecular Hbond substituents is 1. The van der Waals surface area contributed by atoms with Crippen molar-refractivity contribution in [3.8, 4) is 28.1 Å². The fourth-order valence-corrected chi connectivity index (χ4v) is 2.84. The molecule has 1 aromatic heterocycles. The van der Waals surface area contributed by atoms with Gasteiger partial charge in [0.15, 0.2) is 0 Å². The molecule has 3 aromatic carbocycles. The normalized spacial score (nSPS) is 10.9. The van der Waals surface area contributed by atoms with Crippen molar-refractivity contribution in [2.45, 2.75) is 0 Å². The molecule has 6 heteroatoms. The maximum atomic E-state index is 12.2. The molecule has 4 aromatic rings. The second-order valence-electron chi connectivity index (χ2n) is 6.40. The van der Waals surface area contributed by atoms with Crippen molar-refractivity contribution in [2.24, 2.45) is 5.10 Å². The molecular formula is C23H18N4O2. The Bertz CT molecular complexity index is 1130. The van der Waals surface area contributed by atoms with Crippen LogP contribution in [0.25, 0.3) is 22.4 Å². The molecule has 0 spiro atoms. The third-order valence-corrected chi connectivity index (χ3v) is 4.38. The Kier molecular flexibility index (Phi) is 5.16. The van der Waals surface area contributed by atoms with Gasteiger partial charge in [-0.05, 0) is 47.0 Å². The van der Waals surface area contributed by atoms with Gasteiger partial charge in [0, 0.05) is 5.56 Å². The average molecular weight is 382 g/mol. The summed E-state index contributed by atoms with van der Waals surface area (Å²) in [7, 11) is 0. The van der Waals surface area contributed by atoms with Crippen molar-refractivity contribution in [3.63, 3.8) is 0 Å². The summed E-state index contributed by atoms with van der Waals surface area (Å²) in [4.78, 5) is 12.2. The second-order valence-corrected chi connectivity index (χ2v) is 6.40. The second kappa shape index (κ2) is 8.22.